The molecule has 0 aromatic carbocycles. The van der Waals surface area contributed by atoms with Crippen LogP contribution in [-0.4, -0.2) is 24.9 Å². The Labute approximate surface area is 94.0 Å². The van der Waals surface area contributed by atoms with Crippen molar-refractivity contribution in [1.82, 2.24) is 4.90 Å². The minimum Gasteiger partial charge on any atom is -0.349 e. The van der Waals surface area contributed by atoms with Crippen LogP contribution in [-0.2, 0) is 4.79 Å². The van der Waals surface area contributed by atoms with Crippen LogP contribution in [0, 0.1) is 23.7 Å². The summed E-state index contributed by atoms with van der Waals surface area (Å²) >= 11 is 0. The predicted octanol–water partition coefficient (Wildman–Crippen LogP) is 2.78. The highest BCUT2D eigenvalue weighted by molar-refractivity contribution is 5.78. The third-order valence-electron chi connectivity index (χ3n) is 3.78. The molecule has 0 bridgehead atoms. The van der Waals surface area contributed by atoms with Gasteiger partial charge < -0.3 is 4.90 Å². The zero-order chi connectivity index (χ0) is 11.6. The minimum absolute atomic E-state index is 0.267. The lowest BCUT2D eigenvalue weighted by molar-refractivity contribution is -0.137. The molecule has 1 amide bonds. The summed E-state index contributed by atoms with van der Waals surface area (Å²) in [6.07, 6.45) is 3.60. The number of hydrogen-bond donors (Lipinski definition) is 0. The standard InChI is InChI=1S/C13H25NO/c1-9(2)11-7-6-10(3)8-12(11)13(15)14(4)5/h9-12H,6-8H2,1-5H3. The van der Waals surface area contributed by atoms with Crippen LogP contribution in [0.2, 0.25) is 0 Å². The molecular formula is C13H25NO. The van der Waals surface area contributed by atoms with E-state index in [2.05, 4.69) is 20.8 Å². The summed E-state index contributed by atoms with van der Waals surface area (Å²) in [4.78, 5) is 13.8. The van der Waals surface area contributed by atoms with E-state index in [1.54, 1.807) is 4.90 Å². The maximum Gasteiger partial charge on any atom is 0.225 e. The van der Waals surface area contributed by atoms with Crippen LogP contribution < -0.4 is 0 Å². The first-order chi connectivity index (χ1) is 6.93. The highest BCUT2D eigenvalue weighted by Gasteiger charge is 2.35. The molecule has 0 radical (unpaired) electrons. The van der Waals surface area contributed by atoms with Crippen molar-refractivity contribution < 1.29 is 4.79 Å². The Hall–Kier alpha value is -0.530. The Kier molecular flexibility index (Phi) is 4.18. The number of nitrogens with zero attached hydrogens (tertiary/aromatic N) is 1. The maximum atomic E-state index is 12.1. The normalized spacial score (nSPS) is 31.7. The summed E-state index contributed by atoms with van der Waals surface area (Å²) in [5.74, 6) is 2.54. The maximum absolute atomic E-state index is 12.1. The second-order valence-electron chi connectivity index (χ2n) is 5.67. The molecule has 0 heterocycles. The van der Waals surface area contributed by atoms with Crippen LogP contribution in [0.25, 0.3) is 0 Å². The van der Waals surface area contributed by atoms with Gasteiger partial charge in [-0.15, -0.1) is 0 Å². The molecule has 3 atom stereocenters. The van der Waals surface area contributed by atoms with Crippen molar-refractivity contribution in [2.24, 2.45) is 23.7 Å². The van der Waals surface area contributed by atoms with Gasteiger partial charge >= 0.3 is 0 Å². The highest BCUT2D eigenvalue weighted by Crippen LogP contribution is 2.38. The van der Waals surface area contributed by atoms with Crippen LogP contribution in [0.4, 0.5) is 0 Å². The van der Waals surface area contributed by atoms with Gasteiger partial charge in [0, 0.05) is 20.0 Å². The molecule has 3 unspecified atom stereocenters. The Bertz CT molecular complexity index is 223. The van der Waals surface area contributed by atoms with E-state index in [0.717, 1.165) is 6.42 Å². The fraction of sp³-hybridized carbons (Fsp3) is 0.923. The van der Waals surface area contributed by atoms with Crippen LogP contribution in [0.3, 0.4) is 0 Å². The van der Waals surface area contributed by atoms with Crippen molar-refractivity contribution in [3.8, 4) is 0 Å². The third-order valence-corrected chi connectivity index (χ3v) is 3.78. The van der Waals surface area contributed by atoms with Gasteiger partial charge in [-0.05, 0) is 30.6 Å². The molecular weight excluding hydrogens is 186 g/mol. The lowest BCUT2D eigenvalue weighted by Gasteiger charge is -2.37. The predicted molar refractivity (Wildman–Crippen MR) is 63.5 cm³/mol. The molecule has 0 saturated heterocycles. The van der Waals surface area contributed by atoms with Gasteiger partial charge in [0.15, 0.2) is 0 Å². The molecule has 0 spiro atoms. The van der Waals surface area contributed by atoms with Gasteiger partial charge in [0.2, 0.25) is 5.91 Å². The summed E-state index contributed by atoms with van der Waals surface area (Å²) in [6.45, 7) is 6.76. The van der Waals surface area contributed by atoms with Gasteiger partial charge in [-0.25, -0.2) is 0 Å². The van der Waals surface area contributed by atoms with Gasteiger partial charge in [-0.3, -0.25) is 4.79 Å². The van der Waals surface area contributed by atoms with E-state index in [4.69, 9.17) is 0 Å². The van der Waals surface area contributed by atoms with Crippen molar-refractivity contribution in [2.75, 3.05) is 14.1 Å². The number of rotatable bonds is 2. The third kappa shape index (κ3) is 2.96. The number of carbonyl (C=O) groups is 1. The van der Waals surface area contributed by atoms with Crippen LogP contribution in [0.15, 0.2) is 0 Å². The van der Waals surface area contributed by atoms with E-state index in [9.17, 15) is 4.79 Å². The Balaban J connectivity index is 2.74. The topological polar surface area (TPSA) is 20.3 Å². The number of hydrogen-bond acceptors (Lipinski definition) is 1. The van der Waals surface area contributed by atoms with E-state index in [1.807, 2.05) is 14.1 Å². The van der Waals surface area contributed by atoms with Crippen LogP contribution >= 0.6 is 0 Å². The molecule has 1 rings (SSSR count). The molecule has 1 fully saturated rings. The van der Waals surface area contributed by atoms with E-state index >= 15 is 0 Å². The Morgan fingerprint density at radius 1 is 1.27 bits per heavy atom. The smallest absolute Gasteiger partial charge is 0.225 e. The summed E-state index contributed by atoms with van der Waals surface area (Å²) in [5.41, 5.74) is 0. The molecule has 2 heteroatoms. The summed E-state index contributed by atoms with van der Waals surface area (Å²) in [7, 11) is 3.75. The average Bonchev–Trinajstić information content (AvgIpc) is 2.15. The monoisotopic (exact) mass is 211 g/mol. The second-order valence-corrected chi connectivity index (χ2v) is 5.67. The summed E-state index contributed by atoms with van der Waals surface area (Å²) < 4.78 is 0. The van der Waals surface area contributed by atoms with E-state index in [0.29, 0.717) is 23.7 Å². The summed E-state index contributed by atoms with van der Waals surface area (Å²) in [6, 6.07) is 0. The highest BCUT2D eigenvalue weighted by atomic mass is 16.2. The van der Waals surface area contributed by atoms with Gasteiger partial charge in [0.1, 0.15) is 0 Å². The van der Waals surface area contributed by atoms with Crippen LogP contribution in [0.1, 0.15) is 40.0 Å². The Morgan fingerprint density at radius 3 is 2.33 bits per heavy atom. The largest absolute Gasteiger partial charge is 0.349 e. The van der Waals surface area contributed by atoms with Crippen LogP contribution in [0.5, 0.6) is 0 Å². The molecule has 88 valence electrons. The first-order valence-electron chi connectivity index (χ1n) is 6.14. The molecule has 1 aliphatic carbocycles. The van der Waals surface area contributed by atoms with E-state index in [-0.39, 0.29) is 5.92 Å². The number of carbonyl (C=O) groups excluding carboxylic acids is 1. The molecule has 0 aromatic heterocycles. The first kappa shape index (κ1) is 12.5. The quantitative estimate of drug-likeness (QED) is 0.688. The molecule has 0 aliphatic heterocycles. The lowest BCUT2D eigenvalue weighted by Crippen LogP contribution is -2.39. The molecule has 0 N–H and O–H groups in total. The molecule has 1 aliphatic rings. The Morgan fingerprint density at radius 2 is 1.87 bits per heavy atom. The lowest BCUT2D eigenvalue weighted by atomic mass is 9.69. The molecule has 1 saturated carbocycles. The van der Waals surface area contributed by atoms with E-state index < -0.39 is 0 Å². The SMILES string of the molecule is CC1CCC(C(C)C)C(C(=O)N(C)C)C1. The molecule has 15 heavy (non-hydrogen) atoms. The fourth-order valence-electron chi connectivity index (χ4n) is 2.82. The van der Waals surface area contributed by atoms with Gasteiger partial charge in [0.05, 0.1) is 0 Å². The average molecular weight is 211 g/mol. The summed E-state index contributed by atoms with van der Waals surface area (Å²) in [5, 5.41) is 0. The van der Waals surface area contributed by atoms with Crippen molar-refractivity contribution in [3.63, 3.8) is 0 Å². The first-order valence-corrected chi connectivity index (χ1v) is 6.14. The number of amides is 1. The van der Waals surface area contributed by atoms with E-state index in [1.165, 1.54) is 12.8 Å². The van der Waals surface area contributed by atoms with Gasteiger partial charge in [0.25, 0.3) is 0 Å². The zero-order valence-corrected chi connectivity index (χ0v) is 10.8. The zero-order valence-electron chi connectivity index (χ0n) is 10.8. The van der Waals surface area contributed by atoms with Crippen molar-refractivity contribution in [3.05, 3.63) is 0 Å². The van der Waals surface area contributed by atoms with Crippen molar-refractivity contribution >= 4 is 5.91 Å². The molecule has 0 aromatic rings. The molecule has 2 nitrogen and oxygen atoms in total. The van der Waals surface area contributed by atoms with Crippen molar-refractivity contribution in [1.29, 1.82) is 0 Å². The van der Waals surface area contributed by atoms with Gasteiger partial charge in [-0.1, -0.05) is 27.2 Å². The minimum atomic E-state index is 0.267. The fourth-order valence-corrected chi connectivity index (χ4v) is 2.82. The second kappa shape index (κ2) is 5.00. The van der Waals surface area contributed by atoms with Crippen molar-refractivity contribution in [2.45, 2.75) is 40.0 Å². The van der Waals surface area contributed by atoms with Gasteiger partial charge in [-0.2, -0.15) is 0 Å².